The Morgan fingerprint density at radius 2 is 2.14 bits per heavy atom. The summed E-state index contributed by atoms with van der Waals surface area (Å²) in [7, 11) is 1.75. The van der Waals surface area contributed by atoms with Crippen molar-refractivity contribution in [1.29, 1.82) is 0 Å². The molecule has 4 nitrogen and oxygen atoms in total. The Bertz CT molecular complexity index is 484. The van der Waals surface area contributed by atoms with Gasteiger partial charge in [-0.05, 0) is 37.5 Å². The molecule has 5 heteroatoms. The molecule has 0 heterocycles. The second-order valence-electron chi connectivity index (χ2n) is 5.25. The van der Waals surface area contributed by atoms with Crippen molar-refractivity contribution in [3.8, 4) is 5.75 Å². The monoisotopic (exact) mass is 293 g/mol. The highest BCUT2D eigenvalue weighted by molar-refractivity contribution is 5.79. The van der Waals surface area contributed by atoms with Crippen molar-refractivity contribution < 1.29 is 9.13 Å². The summed E-state index contributed by atoms with van der Waals surface area (Å²) in [4.78, 5) is 4.21. The maximum Gasteiger partial charge on any atom is 0.191 e. The highest BCUT2D eigenvalue weighted by Gasteiger charge is 2.15. The number of nitrogens with zero attached hydrogens (tertiary/aromatic N) is 1. The standard InChI is InChI=1S/C16H24FN3O/c1-3-21-15-9-8-12(10-14(15)17)11-19-16(18-2)20-13-6-4-5-7-13/h8-10,13H,3-7,11H2,1-2H3,(H2,18,19,20). The molecule has 0 saturated heterocycles. The molecule has 0 aliphatic heterocycles. The molecule has 0 unspecified atom stereocenters. The lowest BCUT2D eigenvalue weighted by atomic mass is 10.2. The summed E-state index contributed by atoms with van der Waals surface area (Å²) in [6.07, 6.45) is 4.94. The smallest absolute Gasteiger partial charge is 0.191 e. The molecule has 0 atom stereocenters. The van der Waals surface area contributed by atoms with Crippen molar-refractivity contribution in [2.75, 3.05) is 13.7 Å². The molecule has 1 fully saturated rings. The normalized spacial score (nSPS) is 16.0. The van der Waals surface area contributed by atoms with Crippen LogP contribution in [0.15, 0.2) is 23.2 Å². The van der Waals surface area contributed by atoms with Gasteiger partial charge in [-0.3, -0.25) is 4.99 Å². The van der Waals surface area contributed by atoms with Crippen LogP contribution >= 0.6 is 0 Å². The topological polar surface area (TPSA) is 45.6 Å². The summed E-state index contributed by atoms with van der Waals surface area (Å²) in [6.45, 7) is 2.84. The van der Waals surface area contributed by atoms with Gasteiger partial charge in [-0.25, -0.2) is 4.39 Å². The van der Waals surface area contributed by atoms with Gasteiger partial charge in [0.25, 0.3) is 0 Å². The first-order valence-electron chi connectivity index (χ1n) is 7.61. The van der Waals surface area contributed by atoms with Crippen LogP contribution in [0.1, 0.15) is 38.2 Å². The summed E-state index contributed by atoms with van der Waals surface area (Å²) >= 11 is 0. The van der Waals surface area contributed by atoms with Gasteiger partial charge in [-0.15, -0.1) is 0 Å². The van der Waals surface area contributed by atoms with Gasteiger partial charge in [0.15, 0.2) is 17.5 Å². The van der Waals surface area contributed by atoms with Crippen LogP contribution in [0.2, 0.25) is 0 Å². The minimum absolute atomic E-state index is 0.301. The Hall–Kier alpha value is -1.78. The SMILES string of the molecule is CCOc1ccc(CNC(=NC)NC2CCCC2)cc1F. The molecule has 116 valence electrons. The predicted molar refractivity (Wildman–Crippen MR) is 83.2 cm³/mol. The molecular formula is C16H24FN3O. The fourth-order valence-corrected chi connectivity index (χ4v) is 2.57. The van der Waals surface area contributed by atoms with E-state index in [1.54, 1.807) is 13.1 Å². The Labute approximate surface area is 125 Å². The molecule has 21 heavy (non-hydrogen) atoms. The van der Waals surface area contributed by atoms with Crippen molar-refractivity contribution in [2.24, 2.45) is 4.99 Å². The number of halogens is 1. The van der Waals surface area contributed by atoms with Crippen LogP contribution in [-0.2, 0) is 6.54 Å². The summed E-state index contributed by atoms with van der Waals surface area (Å²) in [5.74, 6) is 0.751. The van der Waals surface area contributed by atoms with Gasteiger partial charge in [-0.1, -0.05) is 18.9 Å². The second-order valence-corrected chi connectivity index (χ2v) is 5.25. The summed E-state index contributed by atoms with van der Waals surface area (Å²) < 4.78 is 19.0. The highest BCUT2D eigenvalue weighted by atomic mass is 19.1. The first-order valence-corrected chi connectivity index (χ1v) is 7.61. The Morgan fingerprint density at radius 1 is 1.38 bits per heavy atom. The van der Waals surface area contributed by atoms with Crippen molar-refractivity contribution in [3.05, 3.63) is 29.6 Å². The number of ether oxygens (including phenoxy) is 1. The molecule has 0 amide bonds. The van der Waals surface area contributed by atoms with E-state index < -0.39 is 0 Å². The third-order valence-corrected chi connectivity index (χ3v) is 3.68. The first kappa shape index (κ1) is 15.6. The van der Waals surface area contributed by atoms with Crippen LogP contribution in [0.25, 0.3) is 0 Å². The average Bonchev–Trinajstić information content (AvgIpc) is 2.99. The number of aliphatic imine (C=N–C) groups is 1. The fourth-order valence-electron chi connectivity index (χ4n) is 2.57. The maximum absolute atomic E-state index is 13.8. The zero-order valence-electron chi connectivity index (χ0n) is 12.8. The van der Waals surface area contributed by atoms with Gasteiger partial charge < -0.3 is 15.4 Å². The van der Waals surface area contributed by atoms with Gasteiger partial charge in [-0.2, -0.15) is 0 Å². The molecule has 0 radical (unpaired) electrons. The van der Waals surface area contributed by atoms with E-state index in [9.17, 15) is 4.39 Å². The molecule has 2 rings (SSSR count). The van der Waals surface area contributed by atoms with Gasteiger partial charge in [0.1, 0.15) is 0 Å². The zero-order chi connectivity index (χ0) is 15.1. The molecule has 1 saturated carbocycles. The van der Waals surface area contributed by atoms with E-state index in [-0.39, 0.29) is 5.82 Å². The number of guanidine groups is 1. The average molecular weight is 293 g/mol. The predicted octanol–water partition coefficient (Wildman–Crippen LogP) is 2.83. The van der Waals surface area contributed by atoms with Crippen molar-refractivity contribution in [2.45, 2.75) is 45.2 Å². The van der Waals surface area contributed by atoms with E-state index in [0.717, 1.165) is 11.5 Å². The summed E-state index contributed by atoms with van der Waals surface area (Å²) in [5.41, 5.74) is 0.866. The van der Waals surface area contributed by atoms with Crippen molar-refractivity contribution in [3.63, 3.8) is 0 Å². The lowest BCUT2D eigenvalue weighted by Gasteiger charge is -2.17. The molecule has 0 bridgehead atoms. The number of benzene rings is 1. The fraction of sp³-hybridized carbons (Fsp3) is 0.562. The van der Waals surface area contributed by atoms with Crippen LogP contribution < -0.4 is 15.4 Å². The minimum atomic E-state index is -0.324. The Morgan fingerprint density at radius 3 is 2.76 bits per heavy atom. The van der Waals surface area contributed by atoms with Crippen LogP contribution in [-0.4, -0.2) is 25.7 Å². The van der Waals surface area contributed by atoms with Crippen LogP contribution in [0.5, 0.6) is 5.75 Å². The number of hydrogen-bond acceptors (Lipinski definition) is 2. The van der Waals surface area contributed by atoms with Crippen LogP contribution in [0, 0.1) is 5.82 Å². The minimum Gasteiger partial charge on any atom is -0.491 e. The largest absolute Gasteiger partial charge is 0.491 e. The lowest BCUT2D eigenvalue weighted by Crippen LogP contribution is -2.41. The second kappa shape index (κ2) is 7.86. The number of hydrogen-bond donors (Lipinski definition) is 2. The Kier molecular flexibility index (Phi) is 5.84. The van der Waals surface area contributed by atoms with Gasteiger partial charge in [0, 0.05) is 19.6 Å². The van der Waals surface area contributed by atoms with Crippen molar-refractivity contribution in [1.82, 2.24) is 10.6 Å². The number of rotatable bonds is 5. The van der Waals surface area contributed by atoms with E-state index in [1.807, 2.05) is 13.0 Å². The van der Waals surface area contributed by atoms with E-state index in [0.29, 0.717) is 24.9 Å². The zero-order valence-corrected chi connectivity index (χ0v) is 12.8. The third-order valence-electron chi connectivity index (χ3n) is 3.68. The van der Waals surface area contributed by atoms with Gasteiger partial charge >= 0.3 is 0 Å². The van der Waals surface area contributed by atoms with E-state index in [4.69, 9.17) is 4.74 Å². The summed E-state index contributed by atoms with van der Waals surface area (Å²) in [6, 6.07) is 5.54. The van der Waals surface area contributed by atoms with E-state index >= 15 is 0 Å². The molecular weight excluding hydrogens is 269 g/mol. The molecule has 2 N–H and O–H groups in total. The molecule has 0 spiro atoms. The summed E-state index contributed by atoms with van der Waals surface area (Å²) in [5, 5.41) is 6.63. The van der Waals surface area contributed by atoms with Gasteiger partial charge in [0.05, 0.1) is 6.61 Å². The first-order chi connectivity index (χ1) is 10.2. The van der Waals surface area contributed by atoms with Crippen molar-refractivity contribution >= 4 is 5.96 Å². The molecule has 1 aromatic carbocycles. The van der Waals surface area contributed by atoms with Gasteiger partial charge in [0.2, 0.25) is 0 Å². The number of nitrogens with one attached hydrogen (secondary N) is 2. The van der Waals surface area contributed by atoms with E-state index in [2.05, 4.69) is 15.6 Å². The van der Waals surface area contributed by atoms with Crippen LogP contribution in [0.3, 0.4) is 0 Å². The Balaban J connectivity index is 1.87. The lowest BCUT2D eigenvalue weighted by molar-refractivity contribution is 0.321. The highest BCUT2D eigenvalue weighted by Crippen LogP contribution is 2.19. The molecule has 1 aliphatic carbocycles. The molecule has 1 aliphatic rings. The van der Waals surface area contributed by atoms with E-state index in [1.165, 1.54) is 31.7 Å². The van der Waals surface area contributed by atoms with Crippen LogP contribution in [0.4, 0.5) is 4.39 Å². The quantitative estimate of drug-likeness (QED) is 0.648. The molecule has 1 aromatic rings. The maximum atomic E-state index is 13.8. The third kappa shape index (κ3) is 4.62. The molecule has 0 aromatic heterocycles.